The van der Waals surface area contributed by atoms with Crippen LogP contribution in [-0.2, 0) is 45.6 Å². The Morgan fingerprint density at radius 3 is 1.48 bits per heavy atom. The van der Waals surface area contributed by atoms with Gasteiger partial charge in [0.2, 0.25) is 0 Å². The van der Waals surface area contributed by atoms with E-state index >= 15 is 0 Å². The Hall–Kier alpha value is -2.94. The molecule has 0 fully saturated rings. The molecule has 199 valence electrons. The van der Waals surface area contributed by atoms with Crippen LogP contribution in [0.4, 0.5) is 0 Å². The zero-order chi connectivity index (χ0) is 26.5. The molecule has 1 radical (unpaired) electrons. The fourth-order valence-electron chi connectivity index (χ4n) is 4.23. The summed E-state index contributed by atoms with van der Waals surface area (Å²) in [6.45, 7) is 4.10. The average molecular weight is 644 g/mol. The molecule has 4 aromatic heterocycles. The molecule has 0 saturated carbocycles. The normalized spacial score (nSPS) is 10.3. The fraction of sp³-hybridized carbons (Fsp3) is 0.133. The number of rotatable bonds is 4. The maximum absolute atomic E-state index is 6.12. The van der Waals surface area contributed by atoms with E-state index in [4.69, 9.17) is 23.2 Å². The van der Waals surface area contributed by atoms with Gasteiger partial charge in [0.1, 0.15) is 0 Å². The van der Waals surface area contributed by atoms with Gasteiger partial charge in [0.25, 0.3) is 0 Å². The van der Waals surface area contributed by atoms with Crippen molar-refractivity contribution in [2.24, 2.45) is 0 Å². The van der Waals surface area contributed by atoms with E-state index in [1.54, 1.807) is 24.8 Å². The number of aromatic nitrogens is 6. The van der Waals surface area contributed by atoms with Crippen molar-refractivity contribution in [2.45, 2.75) is 26.7 Å². The zero-order valence-corrected chi connectivity index (χ0v) is 26.4. The molecule has 0 aliphatic heterocycles. The van der Waals surface area contributed by atoms with Crippen LogP contribution in [0.3, 0.4) is 0 Å². The molecule has 7 nitrogen and oxygen atoms in total. The van der Waals surface area contributed by atoms with Gasteiger partial charge in [-0.3, -0.25) is 9.97 Å². The standard InChI is InChI=1S/2C15H12ClN3.H2N.Y/c1-10-2-3-12-13(8-10)14(18-19-15(12)16)9-11-4-6-17-7-5-11;1-10-2-3-12-13(8-10)15(16)19-18-14(12)9-11-4-6-17-7-5-11;;/h2*2-8H,9H2,1H3;1H2;/q;;-1;. The van der Waals surface area contributed by atoms with E-state index in [0.29, 0.717) is 10.3 Å². The van der Waals surface area contributed by atoms with Gasteiger partial charge in [0.15, 0.2) is 10.3 Å². The number of nitrogens with zero attached hydrogens (tertiary/aromatic N) is 6. The van der Waals surface area contributed by atoms with Crippen molar-refractivity contribution in [2.75, 3.05) is 0 Å². The van der Waals surface area contributed by atoms with Crippen LogP contribution in [0, 0.1) is 13.8 Å². The third-order valence-corrected chi connectivity index (χ3v) is 6.73. The molecule has 0 bridgehead atoms. The number of fused-ring (bicyclic) bond motifs is 2. The van der Waals surface area contributed by atoms with Crippen LogP contribution in [0.5, 0.6) is 0 Å². The van der Waals surface area contributed by atoms with E-state index in [9.17, 15) is 0 Å². The summed E-state index contributed by atoms with van der Waals surface area (Å²) in [4.78, 5) is 8.04. The molecule has 6 rings (SSSR count). The topological polar surface area (TPSA) is 111 Å². The molecule has 0 atom stereocenters. The van der Waals surface area contributed by atoms with Crippen LogP contribution < -0.4 is 0 Å². The van der Waals surface area contributed by atoms with Gasteiger partial charge in [-0.25, -0.2) is 0 Å². The minimum absolute atomic E-state index is 0. The van der Waals surface area contributed by atoms with Crippen LogP contribution >= 0.6 is 23.2 Å². The predicted octanol–water partition coefficient (Wildman–Crippen LogP) is 7.87. The average Bonchev–Trinajstić information content (AvgIpc) is 2.93. The third-order valence-electron chi connectivity index (χ3n) is 6.18. The van der Waals surface area contributed by atoms with Crippen molar-refractivity contribution in [1.82, 2.24) is 30.4 Å². The SMILES string of the molecule is Cc1ccc2c(Cc3ccncc3)nnc(Cl)c2c1.Cc1ccc2c(Cl)nnc(Cc3ccncc3)c2c1.[NH2-].[Y]. The molecular weight excluding hydrogens is 618 g/mol. The molecule has 0 aliphatic rings. The molecule has 0 amide bonds. The van der Waals surface area contributed by atoms with Gasteiger partial charge in [-0.2, -0.15) is 10.2 Å². The molecule has 0 spiro atoms. The van der Waals surface area contributed by atoms with Crippen LogP contribution in [0.15, 0.2) is 85.5 Å². The van der Waals surface area contributed by atoms with Gasteiger partial charge in [-0.15, -0.1) is 10.2 Å². The Labute approximate surface area is 268 Å². The van der Waals surface area contributed by atoms with Crippen LogP contribution in [0.25, 0.3) is 27.7 Å². The van der Waals surface area contributed by atoms with Crippen molar-refractivity contribution in [1.29, 1.82) is 0 Å². The van der Waals surface area contributed by atoms with Crippen molar-refractivity contribution in [3.05, 3.63) is 136 Å². The molecule has 6 aromatic rings. The molecule has 40 heavy (non-hydrogen) atoms. The maximum atomic E-state index is 6.12. The summed E-state index contributed by atoms with van der Waals surface area (Å²) in [6, 6.07) is 20.2. The Morgan fingerprint density at radius 2 is 0.950 bits per heavy atom. The van der Waals surface area contributed by atoms with Crippen LogP contribution in [0.1, 0.15) is 33.6 Å². The van der Waals surface area contributed by atoms with Gasteiger partial charge < -0.3 is 6.15 Å². The summed E-state index contributed by atoms with van der Waals surface area (Å²) in [5.74, 6) is 0. The number of halogens is 2. The summed E-state index contributed by atoms with van der Waals surface area (Å²) in [5.41, 5.74) is 6.55. The summed E-state index contributed by atoms with van der Waals surface area (Å²) >= 11 is 12.2. The number of hydrogen-bond acceptors (Lipinski definition) is 6. The van der Waals surface area contributed by atoms with Gasteiger partial charge in [-0.05, 0) is 61.4 Å². The minimum Gasteiger partial charge on any atom is -0.693 e. The first kappa shape index (κ1) is 31.6. The number of nitrogens with two attached hydrogens (primary N) is 1. The Bertz CT molecular complexity index is 1720. The van der Waals surface area contributed by atoms with Gasteiger partial charge in [0, 0.05) is 91.9 Å². The van der Waals surface area contributed by atoms with Crippen molar-refractivity contribution >= 4 is 44.7 Å². The molecule has 0 unspecified atom stereocenters. The van der Waals surface area contributed by atoms with Crippen molar-refractivity contribution < 1.29 is 32.7 Å². The molecule has 4 heterocycles. The quantitative estimate of drug-likeness (QED) is 0.193. The molecular formula is C30H26Cl2N7Y-. The molecule has 2 N–H and O–H groups in total. The molecule has 0 aliphatic carbocycles. The second kappa shape index (κ2) is 14.6. The fourth-order valence-corrected chi connectivity index (χ4v) is 4.63. The van der Waals surface area contributed by atoms with E-state index in [1.165, 1.54) is 5.56 Å². The molecule has 2 aromatic carbocycles. The molecule has 0 saturated heterocycles. The van der Waals surface area contributed by atoms with E-state index in [1.807, 2.05) is 49.4 Å². The van der Waals surface area contributed by atoms with Gasteiger partial charge in [0.05, 0.1) is 11.4 Å². The first-order chi connectivity index (χ1) is 18.5. The second-order valence-corrected chi connectivity index (χ2v) is 9.75. The van der Waals surface area contributed by atoms with Crippen LogP contribution in [0.2, 0.25) is 10.3 Å². The maximum Gasteiger partial charge on any atom is 0.159 e. The van der Waals surface area contributed by atoms with E-state index in [2.05, 4.69) is 55.5 Å². The van der Waals surface area contributed by atoms with Crippen molar-refractivity contribution in [3.8, 4) is 0 Å². The second-order valence-electron chi connectivity index (χ2n) is 9.04. The smallest absolute Gasteiger partial charge is 0.159 e. The van der Waals surface area contributed by atoms with Crippen LogP contribution in [-0.4, -0.2) is 30.4 Å². The van der Waals surface area contributed by atoms with Crippen molar-refractivity contribution in [3.63, 3.8) is 0 Å². The van der Waals surface area contributed by atoms with E-state index < -0.39 is 0 Å². The molecule has 10 heteroatoms. The first-order valence-electron chi connectivity index (χ1n) is 12.1. The Kier molecular flexibility index (Phi) is 11.5. The third kappa shape index (κ3) is 7.62. The number of aryl methyl sites for hydroxylation is 2. The Morgan fingerprint density at radius 1 is 0.525 bits per heavy atom. The summed E-state index contributed by atoms with van der Waals surface area (Å²) in [7, 11) is 0. The monoisotopic (exact) mass is 643 g/mol. The first-order valence-corrected chi connectivity index (χ1v) is 12.8. The van der Waals surface area contributed by atoms with E-state index in [-0.39, 0.29) is 38.9 Å². The number of benzene rings is 2. The summed E-state index contributed by atoms with van der Waals surface area (Å²) < 4.78 is 0. The van der Waals surface area contributed by atoms with E-state index in [0.717, 1.165) is 62.5 Å². The predicted molar refractivity (Wildman–Crippen MR) is 158 cm³/mol. The largest absolute Gasteiger partial charge is 0.693 e. The summed E-state index contributed by atoms with van der Waals surface area (Å²) in [6.07, 6.45) is 8.59. The van der Waals surface area contributed by atoms with Gasteiger partial charge in [-0.1, -0.05) is 58.6 Å². The zero-order valence-electron chi connectivity index (χ0n) is 22.1. The number of hydrogen-bond donors (Lipinski definition) is 0. The number of pyridine rings is 2. The van der Waals surface area contributed by atoms with Gasteiger partial charge >= 0.3 is 0 Å². The summed E-state index contributed by atoms with van der Waals surface area (Å²) in [5, 5.41) is 21.5. The Balaban J connectivity index is 0.000000210. The minimum atomic E-state index is 0.